The number of carbonyl (C=O) groups is 3. The fourth-order valence-corrected chi connectivity index (χ4v) is 1.55. The second-order valence-electron chi connectivity index (χ2n) is 3.73. The van der Waals surface area contributed by atoms with Crippen LogP contribution < -0.4 is 5.32 Å². The summed E-state index contributed by atoms with van der Waals surface area (Å²) in [6.07, 6.45) is 0. The molecule has 1 aromatic carbocycles. The predicted octanol–water partition coefficient (Wildman–Crippen LogP) is 0.692. The van der Waals surface area contributed by atoms with Crippen LogP contribution in [0.1, 0.15) is 10.4 Å². The van der Waals surface area contributed by atoms with E-state index in [0.29, 0.717) is 5.69 Å². The molecule has 2 rings (SSSR count). The minimum Gasteiger partial charge on any atom is -0.478 e. The van der Waals surface area contributed by atoms with Crippen molar-refractivity contribution in [2.45, 2.75) is 0 Å². The SMILES string of the molecule is O=C(O)C1=C(Nc2ccc(C(=O)O)cc2)OCC1=O. The van der Waals surface area contributed by atoms with Gasteiger partial charge in [0.25, 0.3) is 0 Å². The van der Waals surface area contributed by atoms with Gasteiger partial charge in [-0.3, -0.25) is 4.79 Å². The van der Waals surface area contributed by atoms with E-state index in [1.54, 1.807) is 0 Å². The van der Waals surface area contributed by atoms with E-state index in [1.165, 1.54) is 24.3 Å². The number of hydrogen-bond donors (Lipinski definition) is 3. The topological polar surface area (TPSA) is 113 Å². The molecule has 0 saturated heterocycles. The van der Waals surface area contributed by atoms with E-state index in [-0.39, 0.29) is 18.1 Å². The molecule has 7 heteroatoms. The number of ketones is 1. The van der Waals surface area contributed by atoms with Gasteiger partial charge in [-0.2, -0.15) is 0 Å². The van der Waals surface area contributed by atoms with Crippen molar-refractivity contribution in [2.75, 3.05) is 11.9 Å². The van der Waals surface area contributed by atoms with Gasteiger partial charge in [-0.1, -0.05) is 0 Å². The molecule has 7 nitrogen and oxygen atoms in total. The summed E-state index contributed by atoms with van der Waals surface area (Å²) in [5.74, 6) is -3.19. The molecule has 1 aliphatic rings. The Morgan fingerprint density at radius 1 is 1.11 bits per heavy atom. The monoisotopic (exact) mass is 263 g/mol. The summed E-state index contributed by atoms with van der Waals surface area (Å²) >= 11 is 0. The van der Waals surface area contributed by atoms with Crippen molar-refractivity contribution in [2.24, 2.45) is 0 Å². The van der Waals surface area contributed by atoms with Gasteiger partial charge in [0.05, 0.1) is 5.56 Å². The van der Waals surface area contributed by atoms with Crippen molar-refractivity contribution >= 4 is 23.4 Å². The molecule has 3 N–H and O–H groups in total. The molecule has 0 saturated carbocycles. The minimum absolute atomic E-state index is 0.0985. The summed E-state index contributed by atoms with van der Waals surface area (Å²) in [4.78, 5) is 32.8. The third-order valence-corrected chi connectivity index (χ3v) is 2.46. The van der Waals surface area contributed by atoms with E-state index >= 15 is 0 Å². The molecule has 0 spiro atoms. The zero-order valence-corrected chi connectivity index (χ0v) is 9.54. The van der Waals surface area contributed by atoms with Gasteiger partial charge in [0.2, 0.25) is 11.7 Å². The van der Waals surface area contributed by atoms with E-state index in [0.717, 1.165) is 0 Å². The van der Waals surface area contributed by atoms with E-state index in [1.807, 2.05) is 0 Å². The van der Waals surface area contributed by atoms with Gasteiger partial charge < -0.3 is 20.3 Å². The highest BCUT2D eigenvalue weighted by molar-refractivity contribution is 6.19. The number of Topliss-reactive ketones (excluding diaryl/α,β-unsaturated/α-hetero) is 1. The summed E-state index contributed by atoms with van der Waals surface area (Å²) in [7, 11) is 0. The molecule has 0 aliphatic carbocycles. The number of benzene rings is 1. The van der Waals surface area contributed by atoms with Crippen molar-refractivity contribution in [3.63, 3.8) is 0 Å². The van der Waals surface area contributed by atoms with Crippen LogP contribution in [0.25, 0.3) is 0 Å². The Bertz CT molecular complexity index is 587. The summed E-state index contributed by atoms with van der Waals surface area (Å²) in [6, 6.07) is 5.59. The molecule has 1 aromatic rings. The van der Waals surface area contributed by atoms with Crippen LogP contribution in [0.2, 0.25) is 0 Å². The fourth-order valence-electron chi connectivity index (χ4n) is 1.55. The molecule has 0 bridgehead atoms. The molecule has 98 valence electrons. The number of anilines is 1. The summed E-state index contributed by atoms with van der Waals surface area (Å²) in [6.45, 7) is -0.322. The number of hydrogen-bond acceptors (Lipinski definition) is 5. The van der Waals surface area contributed by atoms with Crippen molar-refractivity contribution in [1.82, 2.24) is 0 Å². The lowest BCUT2D eigenvalue weighted by Gasteiger charge is -2.07. The average Bonchev–Trinajstić information content (AvgIpc) is 2.71. The summed E-state index contributed by atoms with van der Waals surface area (Å²) in [5, 5.41) is 20.2. The molecule has 19 heavy (non-hydrogen) atoms. The molecule has 0 fully saturated rings. The lowest BCUT2D eigenvalue weighted by molar-refractivity contribution is -0.134. The smallest absolute Gasteiger partial charge is 0.344 e. The Morgan fingerprint density at radius 3 is 2.26 bits per heavy atom. The number of rotatable bonds is 4. The third-order valence-electron chi connectivity index (χ3n) is 2.46. The molecule has 0 atom stereocenters. The maximum Gasteiger partial charge on any atom is 0.344 e. The van der Waals surface area contributed by atoms with Crippen LogP contribution in [0.3, 0.4) is 0 Å². The molecule has 0 radical (unpaired) electrons. The number of carboxylic acid groups (broad SMARTS) is 2. The normalized spacial score (nSPS) is 14.2. The Morgan fingerprint density at radius 2 is 1.74 bits per heavy atom. The first kappa shape index (κ1) is 12.6. The van der Waals surface area contributed by atoms with Crippen LogP contribution in [0.5, 0.6) is 0 Å². The van der Waals surface area contributed by atoms with Crippen molar-refractivity contribution < 1.29 is 29.3 Å². The Kier molecular flexibility index (Phi) is 3.19. The summed E-state index contributed by atoms with van der Waals surface area (Å²) < 4.78 is 4.94. The van der Waals surface area contributed by atoms with Crippen LogP contribution in [0, 0.1) is 0 Å². The molecule has 0 aromatic heterocycles. The van der Waals surface area contributed by atoms with Crippen molar-refractivity contribution in [3.05, 3.63) is 41.3 Å². The maximum absolute atomic E-state index is 11.3. The van der Waals surface area contributed by atoms with Gasteiger partial charge in [-0.25, -0.2) is 9.59 Å². The highest BCUT2D eigenvalue weighted by atomic mass is 16.5. The number of aromatic carboxylic acids is 1. The molecule has 1 heterocycles. The van der Waals surface area contributed by atoms with Gasteiger partial charge >= 0.3 is 11.9 Å². The van der Waals surface area contributed by atoms with Gasteiger partial charge in [0.15, 0.2) is 12.2 Å². The van der Waals surface area contributed by atoms with E-state index in [9.17, 15) is 14.4 Å². The zero-order chi connectivity index (χ0) is 14.0. The van der Waals surface area contributed by atoms with Gasteiger partial charge in [0.1, 0.15) is 0 Å². The highest BCUT2D eigenvalue weighted by Crippen LogP contribution is 2.20. The van der Waals surface area contributed by atoms with E-state index < -0.39 is 23.3 Å². The molecule has 0 amide bonds. The highest BCUT2D eigenvalue weighted by Gasteiger charge is 2.30. The first-order chi connectivity index (χ1) is 8.99. The number of ether oxygens (including phenoxy) is 1. The fraction of sp³-hybridized carbons (Fsp3) is 0.0833. The van der Waals surface area contributed by atoms with Gasteiger partial charge in [0, 0.05) is 5.69 Å². The first-order valence-electron chi connectivity index (χ1n) is 5.23. The first-order valence-corrected chi connectivity index (χ1v) is 5.23. The van der Waals surface area contributed by atoms with Crippen LogP contribution in [0.15, 0.2) is 35.7 Å². The number of nitrogens with one attached hydrogen (secondary N) is 1. The number of carboxylic acids is 2. The van der Waals surface area contributed by atoms with Gasteiger partial charge in [-0.05, 0) is 24.3 Å². The lowest BCUT2D eigenvalue weighted by Crippen LogP contribution is -2.12. The maximum atomic E-state index is 11.3. The second kappa shape index (κ2) is 4.81. The lowest BCUT2D eigenvalue weighted by atomic mass is 10.2. The largest absolute Gasteiger partial charge is 0.478 e. The molecule has 1 aliphatic heterocycles. The standard InChI is InChI=1S/C12H9NO6/c14-8-5-19-10(9(8)12(17)18)13-7-3-1-6(2-4-7)11(15)16/h1-4,13H,5H2,(H,15,16)(H,17,18). The second-order valence-corrected chi connectivity index (χ2v) is 3.73. The third kappa shape index (κ3) is 2.54. The van der Waals surface area contributed by atoms with Crippen molar-refractivity contribution in [1.29, 1.82) is 0 Å². The number of carbonyl (C=O) groups excluding carboxylic acids is 1. The predicted molar refractivity (Wildman–Crippen MR) is 62.6 cm³/mol. The molecular formula is C12H9NO6. The summed E-state index contributed by atoms with van der Waals surface area (Å²) in [5.41, 5.74) is 0.0807. The van der Waals surface area contributed by atoms with E-state index in [4.69, 9.17) is 14.9 Å². The Hall–Kier alpha value is -2.83. The van der Waals surface area contributed by atoms with Crippen LogP contribution in [-0.4, -0.2) is 34.5 Å². The zero-order valence-electron chi connectivity index (χ0n) is 9.54. The van der Waals surface area contributed by atoms with E-state index in [2.05, 4.69) is 5.32 Å². The molecular weight excluding hydrogens is 254 g/mol. The van der Waals surface area contributed by atoms with Crippen molar-refractivity contribution in [3.8, 4) is 0 Å². The number of aliphatic carboxylic acids is 1. The van der Waals surface area contributed by atoms with Crippen LogP contribution >= 0.6 is 0 Å². The quantitative estimate of drug-likeness (QED) is 0.685. The van der Waals surface area contributed by atoms with Crippen LogP contribution in [0.4, 0.5) is 5.69 Å². The minimum atomic E-state index is -1.37. The molecule has 0 unspecified atom stereocenters. The van der Waals surface area contributed by atoms with Crippen LogP contribution in [-0.2, 0) is 14.3 Å². The average molecular weight is 263 g/mol. The Balaban J connectivity index is 2.23. The van der Waals surface area contributed by atoms with Gasteiger partial charge in [-0.15, -0.1) is 0 Å². The Labute approximate surface area is 107 Å².